The number of rotatable bonds is 6. The van der Waals surface area contributed by atoms with E-state index in [1.165, 1.54) is 25.0 Å². The van der Waals surface area contributed by atoms with E-state index in [-0.39, 0.29) is 5.82 Å². The second kappa shape index (κ2) is 5.30. The van der Waals surface area contributed by atoms with Gasteiger partial charge in [-0.25, -0.2) is 4.39 Å². The highest BCUT2D eigenvalue weighted by molar-refractivity contribution is 5.45. The second-order valence-electron chi connectivity index (χ2n) is 4.48. The minimum Gasteiger partial charge on any atom is -0.375 e. The number of hydrogen-bond acceptors (Lipinski definition) is 2. The number of anilines is 1. The second-order valence-corrected chi connectivity index (χ2v) is 4.48. The van der Waals surface area contributed by atoms with E-state index >= 15 is 0 Å². The molecule has 0 spiro atoms. The first kappa shape index (κ1) is 11.4. The molecule has 0 aromatic heterocycles. The molecule has 0 unspecified atom stereocenters. The van der Waals surface area contributed by atoms with Crippen molar-refractivity contribution >= 4 is 5.69 Å². The quantitative estimate of drug-likeness (QED) is 0.744. The van der Waals surface area contributed by atoms with Gasteiger partial charge in [-0.3, -0.25) is 0 Å². The standard InChI is InChI=1S/C13H19FN2/c1-16(10-2-9-15-12-5-6-12)13-7-3-11(14)4-8-13/h3-4,7-8,12,15H,2,5-6,9-10H2,1H3. The number of hydrogen-bond donors (Lipinski definition) is 1. The van der Waals surface area contributed by atoms with Crippen LogP contribution < -0.4 is 10.2 Å². The minimum atomic E-state index is -0.174. The number of benzene rings is 1. The summed E-state index contributed by atoms with van der Waals surface area (Å²) >= 11 is 0. The Morgan fingerprint density at radius 1 is 1.31 bits per heavy atom. The fourth-order valence-corrected chi connectivity index (χ4v) is 1.73. The molecule has 0 radical (unpaired) electrons. The first-order valence-electron chi connectivity index (χ1n) is 5.96. The molecular weight excluding hydrogens is 203 g/mol. The SMILES string of the molecule is CN(CCCNC1CC1)c1ccc(F)cc1. The predicted octanol–water partition coefficient (Wildman–Crippen LogP) is 2.40. The van der Waals surface area contributed by atoms with Gasteiger partial charge in [0, 0.05) is 25.3 Å². The van der Waals surface area contributed by atoms with Crippen LogP contribution in [-0.2, 0) is 0 Å². The van der Waals surface area contributed by atoms with E-state index in [1.54, 1.807) is 0 Å². The molecule has 3 heteroatoms. The van der Waals surface area contributed by atoms with Crippen molar-refractivity contribution in [2.24, 2.45) is 0 Å². The largest absolute Gasteiger partial charge is 0.375 e. The van der Waals surface area contributed by atoms with E-state index in [9.17, 15) is 4.39 Å². The van der Waals surface area contributed by atoms with Gasteiger partial charge in [-0.05, 0) is 50.1 Å². The topological polar surface area (TPSA) is 15.3 Å². The molecule has 88 valence electrons. The average Bonchev–Trinajstić information content (AvgIpc) is 3.09. The maximum Gasteiger partial charge on any atom is 0.123 e. The zero-order valence-electron chi connectivity index (χ0n) is 9.75. The molecular formula is C13H19FN2. The van der Waals surface area contributed by atoms with Gasteiger partial charge in [-0.2, -0.15) is 0 Å². The van der Waals surface area contributed by atoms with E-state index in [0.717, 1.165) is 31.2 Å². The van der Waals surface area contributed by atoms with Gasteiger partial charge in [-0.15, -0.1) is 0 Å². The molecule has 0 bridgehead atoms. The highest BCUT2D eigenvalue weighted by Gasteiger charge is 2.19. The van der Waals surface area contributed by atoms with Crippen molar-refractivity contribution in [3.05, 3.63) is 30.1 Å². The lowest BCUT2D eigenvalue weighted by Crippen LogP contribution is -2.24. The molecule has 16 heavy (non-hydrogen) atoms. The summed E-state index contributed by atoms with van der Waals surface area (Å²) in [5.74, 6) is -0.174. The zero-order valence-corrected chi connectivity index (χ0v) is 9.75. The Bertz CT molecular complexity index is 319. The molecule has 2 rings (SSSR count). The van der Waals surface area contributed by atoms with Crippen LogP contribution in [0.3, 0.4) is 0 Å². The Morgan fingerprint density at radius 3 is 2.62 bits per heavy atom. The Morgan fingerprint density at radius 2 is 2.00 bits per heavy atom. The molecule has 1 aliphatic rings. The van der Waals surface area contributed by atoms with Crippen LogP contribution in [0, 0.1) is 5.82 Å². The van der Waals surface area contributed by atoms with Crippen LogP contribution in [0.2, 0.25) is 0 Å². The van der Waals surface area contributed by atoms with Gasteiger partial charge < -0.3 is 10.2 Å². The maximum atomic E-state index is 12.7. The van der Waals surface area contributed by atoms with E-state index < -0.39 is 0 Å². The highest BCUT2D eigenvalue weighted by atomic mass is 19.1. The first-order chi connectivity index (χ1) is 7.75. The van der Waals surface area contributed by atoms with Gasteiger partial charge >= 0.3 is 0 Å². The number of halogens is 1. The summed E-state index contributed by atoms with van der Waals surface area (Å²) in [7, 11) is 2.05. The molecule has 1 aromatic carbocycles. The van der Waals surface area contributed by atoms with Crippen molar-refractivity contribution in [2.45, 2.75) is 25.3 Å². The van der Waals surface area contributed by atoms with Crippen LogP contribution in [0.4, 0.5) is 10.1 Å². The third-order valence-corrected chi connectivity index (χ3v) is 2.95. The number of nitrogens with one attached hydrogen (secondary N) is 1. The maximum absolute atomic E-state index is 12.7. The van der Waals surface area contributed by atoms with Crippen molar-refractivity contribution in [1.82, 2.24) is 5.32 Å². The van der Waals surface area contributed by atoms with Crippen molar-refractivity contribution in [2.75, 3.05) is 25.0 Å². The molecule has 1 aliphatic carbocycles. The lowest BCUT2D eigenvalue weighted by Gasteiger charge is -2.19. The Labute approximate surface area is 96.5 Å². The van der Waals surface area contributed by atoms with Crippen LogP contribution in [-0.4, -0.2) is 26.2 Å². The first-order valence-corrected chi connectivity index (χ1v) is 5.96. The molecule has 1 fully saturated rings. The summed E-state index contributed by atoms with van der Waals surface area (Å²) in [6.07, 6.45) is 3.81. The van der Waals surface area contributed by atoms with Gasteiger partial charge in [-0.1, -0.05) is 0 Å². The van der Waals surface area contributed by atoms with Crippen LogP contribution in [0.1, 0.15) is 19.3 Å². The van der Waals surface area contributed by atoms with Crippen LogP contribution in [0.15, 0.2) is 24.3 Å². The van der Waals surface area contributed by atoms with Crippen molar-refractivity contribution < 1.29 is 4.39 Å². The lowest BCUT2D eigenvalue weighted by atomic mass is 10.2. The minimum absolute atomic E-state index is 0.174. The summed E-state index contributed by atoms with van der Waals surface area (Å²) in [5, 5.41) is 3.49. The molecule has 1 saturated carbocycles. The monoisotopic (exact) mass is 222 g/mol. The number of nitrogens with zero attached hydrogens (tertiary/aromatic N) is 1. The third kappa shape index (κ3) is 3.49. The molecule has 1 N–H and O–H groups in total. The van der Waals surface area contributed by atoms with Crippen molar-refractivity contribution in [3.63, 3.8) is 0 Å². The Hall–Kier alpha value is -1.09. The van der Waals surface area contributed by atoms with Crippen LogP contribution in [0.5, 0.6) is 0 Å². The lowest BCUT2D eigenvalue weighted by molar-refractivity contribution is 0.626. The molecule has 1 aromatic rings. The van der Waals surface area contributed by atoms with E-state index in [2.05, 4.69) is 10.2 Å². The molecule has 0 saturated heterocycles. The third-order valence-electron chi connectivity index (χ3n) is 2.95. The van der Waals surface area contributed by atoms with Gasteiger partial charge in [0.05, 0.1) is 0 Å². The van der Waals surface area contributed by atoms with Crippen molar-refractivity contribution in [3.8, 4) is 0 Å². The summed E-state index contributed by atoms with van der Waals surface area (Å²) in [6.45, 7) is 2.08. The molecule has 2 nitrogen and oxygen atoms in total. The Balaban J connectivity index is 1.69. The molecule has 0 amide bonds. The van der Waals surface area contributed by atoms with Gasteiger partial charge in [0.25, 0.3) is 0 Å². The fourth-order valence-electron chi connectivity index (χ4n) is 1.73. The zero-order chi connectivity index (χ0) is 11.4. The van der Waals surface area contributed by atoms with E-state index in [1.807, 2.05) is 19.2 Å². The van der Waals surface area contributed by atoms with Crippen LogP contribution in [0.25, 0.3) is 0 Å². The molecule has 0 heterocycles. The van der Waals surface area contributed by atoms with Gasteiger partial charge in [0.15, 0.2) is 0 Å². The van der Waals surface area contributed by atoms with Crippen LogP contribution >= 0.6 is 0 Å². The van der Waals surface area contributed by atoms with Gasteiger partial charge in [0.1, 0.15) is 5.82 Å². The predicted molar refractivity (Wildman–Crippen MR) is 65.3 cm³/mol. The normalized spacial score (nSPS) is 15.1. The average molecular weight is 222 g/mol. The fraction of sp³-hybridized carbons (Fsp3) is 0.538. The van der Waals surface area contributed by atoms with Gasteiger partial charge in [0.2, 0.25) is 0 Å². The summed E-state index contributed by atoms with van der Waals surface area (Å²) in [4.78, 5) is 2.16. The molecule has 0 aliphatic heterocycles. The summed E-state index contributed by atoms with van der Waals surface area (Å²) < 4.78 is 12.7. The Kier molecular flexibility index (Phi) is 3.78. The smallest absolute Gasteiger partial charge is 0.123 e. The summed E-state index contributed by atoms with van der Waals surface area (Å²) in [5.41, 5.74) is 1.08. The van der Waals surface area contributed by atoms with E-state index in [4.69, 9.17) is 0 Å². The van der Waals surface area contributed by atoms with Crippen molar-refractivity contribution in [1.29, 1.82) is 0 Å². The molecule has 0 atom stereocenters. The highest BCUT2D eigenvalue weighted by Crippen LogP contribution is 2.18. The van der Waals surface area contributed by atoms with E-state index in [0.29, 0.717) is 0 Å². The summed E-state index contributed by atoms with van der Waals surface area (Å²) in [6, 6.07) is 7.45.